The number of hydrogen-bond acceptors (Lipinski definition) is 5. The second-order valence-electron chi connectivity index (χ2n) is 7.18. The Balaban J connectivity index is 1.63. The van der Waals surface area contributed by atoms with Crippen LogP contribution in [0.5, 0.6) is 5.75 Å². The van der Waals surface area contributed by atoms with E-state index in [1.807, 2.05) is 0 Å². The lowest BCUT2D eigenvalue weighted by Gasteiger charge is -2.30. The summed E-state index contributed by atoms with van der Waals surface area (Å²) in [5.41, 5.74) is 1.40. The van der Waals surface area contributed by atoms with Crippen LogP contribution >= 0.6 is 0 Å². The van der Waals surface area contributed by atoms with Crippen LogP contribution in [-0.2, 0) is 9.53 Å². The molecule has 164 valence electrons. The summed E-state index contributed by atoms with van der Waals surface area (Å²) in [6.07, 6.45) is 0.743. The molecule has 2 N–H and O–H groups in total. The Kier molecular flexibility index (Phi) is 7.48. The lowest BCUT2D eigenvalue weighted by atomic mass is 9.96. The highest BCUT2D eigenvalue weighted by molar-refractivity contribution is 6.10. The molecular formula is C23H27N3O5. The summed E-state index contributed by atoms with van der Waals surface area (Å²) in [4.78, 5) is 39.0. The van der Waals surface area contributed by atoms with Gasteiger partial charge < -0.3 is 25.0 Å². The fourth-order valence-electron chi connectivity index (χ4n) is 3.46. The van der Waals surface area contributed by atoms with Gasteiger partial charge in [0, 0.05) is 30.8 Å². The molecule has 1 fully saturated rings. The van der Waals surface area contributed by atoms with Crippen molar-refractivity contribution in [2.75, 3.05) is 37.4 Å². The van der Waals surface area contributed by atoms with Crippen molar-refractivity contribution in [1.29, 1.82) is 0 Å². The molecule has 3 amide bonds. The second kappa shape index (κ2) is 10.5. The molecule has 8 heteroatoms. The molecule has 0 bridgehead atoms. The van der Waals surface area contributed by atoms with Gasteiger partial charge in [-0.3, -0.25) is 9.59 Å². The van der Waals surface area contributed by atoms with E-state index in [0.29, 0.717) is 55.2 Å². The topological polar surface area (TPSA) is 97.0 Å². The van der Waals surface area contributed by atoms with Gasteiger partial charge in [0.05, 0.1) is 25.0 Å². The standard InChI is InChI=1S/C23H27N3O5/c1-3-31-23(29)26-13-11-16(12-14-26)21(27)25-20-10-5-4-9-19(20)22(28)24-17-7-6-8-18(15-17)30-2/h4-10,15-16H,3,11-14H2,1-2H3,(H,24,28)(H,25,27). The first kappa shape index (κ1) is 22.1. The number of methoxy groups -OCH3 is 1. The molecule has 1 aliphatic heterocycles. The molecule has 2 aromatic carbocycles. The Bertz CT molecular complexity index is 938. The monoisotopic (exact) mass is 425 g/mol. The van der Waals surface area contributed by atoms with Gasteiger partial charge in [0.1, 0.15) is 5.75 Å². The van der Waals surface area contributed by atoms with E-state index < -0.39 is 0 Å². The summed E-state index contributed by atoms with van der Waals surface area (Å²) < 4.78 is 10.2. The second-order valence-corrected chi connectivity index (χ2v) is 7.18. The average Bonchev–Trinajstić information content (AvgIpc) is 2.79. The fraction of sp³-hybridized carbons (Fsp3) is 0.348. The van der Waals surface area contributed by atoms with Crippen LogP contribution in [-0.4, -0.2) is 49.6 Å². The summed E-state index contributed by atoms with van der Waals surface area (Å²) in [5.74, 6) is -0.0971. The summed E-state index contributed by atoms with van der Waals surface area (Å²) in [7, 11) is 1.56. The average molecular weight is 425 g/mol. The van der Waals surface area contributed by atoms with E-state index in [2.05, 4.69) is 10.6 Å². The number of carbonyl (C=O) groups excluding carboxylic acids is 3. The van der Waals surface area contributed by atoms with Crippen LogP contribution in [0.15, 0.2) is 48.5 Å². The van der Waals surface area contributed by atoms with Crippen molar-refractivity contribution in [3.63, 3.8) is 0 Å². The van der Waals surface area contributed by atoms with Crippen LogP contribution in [0, 0.1) is 5.92 Å². The normalized spacial score (nSPS) is 13.9. The van der Waals surface area contributed by atoms with Crippen LogP contribution in [0.1, 0.15) is 30.1 Å². The first-order valence-corrected chi connectivity index (χ1v) is 10.3. The number of benzene rings is 2. The minimum Gasteiger partial charge on any atom is -0.497 e. The molecule has 8 nitrogen and oxygen atoms in total. The Labute approximate surface area is 181 Å². The maximum absolute atomic E-state index is 12.8. The van der Waals surface area contributed by atoms with Gasteiger partial charge in [-0.15, -0.1) is 0 Å². The van der Waals surface area contributed by atoms with Crippen LogP contribution in [0.3, 0.4) is 0 Å². The van der Waals surface area contributed by atoms with Gasteiger partial charge in [-0.1, -0.05) is 18.2 Å². The van der Waals surface area contributed by atoms with Gasteiger partial charge >= 0.3 is 6.09 Å². The molecule has 1 saturated heterocycles. The summed E-state index contributed by atoms with van der Waals surface area (Å²) >= 11 is 0. The Hall–Kier alpha value is -3.55. The third kappa shape index (κ3) is 5.75. The number of nitrogens with one attached hydrogen (secondary N) is 2. The third-order valence-electron chi connectivity index (χ3n) is 5.15. The molecule has 0 unspecified atom stereocenters. The summed E-state index contributed by atoms with van der Waals surface area (Å²) in [6.45, 7) is 3.03. The third-order valence-corrected chi connectivity index (χ3v) is 5.15. The maximum atomic E-state index is 12.8. The number of nitrogens with zero attached hydrogens (tertiary/aromatic N) is 1. The number of anilines is 2. The van der Waals surface area contributed by atoms with Crippen molar-refractivity contribution < 1.29 is 23.9 Å². The quantitative estimate of drug-likeness (QED) is 0.735. The number of likely N-dealkylation sites (tertiary alicyclic amines) is 1. The predicted molar refractivity (Wildman–Crippen MR) is 117 cm³/mol. The molecular weight excluding hydrogens is 398 g/mol. The number of rotatable bonds is 6. The molecule has 1 heterocycles. The largest absolute Gasteiger partial charge is 0.497 e. The van der Waals surface area contributed by atoms with Crippen LogP contribution in [0.4, 0.5) is 16.2 Å². The smallest absolute Gasteiger partial charge is 0.409 e. The van der Waals surface area contributed by atoms with Crippen molar-refractivity contribution in [2.45, 2.75) is 19.8 Å². The zero-order chi connectivity index (χ0) is 22.2. The van der Waals surface area contributed by atoms with Crippen molar-refractivity contribution in [3.05, 3.63) is 54.1 Å². The molecule has 3 rings (SSSR count). The lowest BCUT2D eigenvalue weighted by molar-refractivity contribution is -0.121. The molecule has 0 radical (unpaired) electrons. The van der Waals surface area contributed by atoms with E-state index in [0.717, 1.165) is 0 Å². The molecule has 0 aliphatic carbocycles. The number of carbonyl (C=O) groups is 3. The van der Waals surface area contributed by atoms with E-state index in [1.54, 1.807) is 67.5 Å². The highest BCUT2D eigenvalue weighted by atomic mass is 16.6. The zero-order valence-electron chi connectivity index (χ0n) is 17.7. The summed E-state index contributed by atoms with van der Waals surface area (Å²) in [5, 5.41) is 5.71. The van der Waals surface area contributed by atoms with Crippen molar-refractivity contribution in [3.8, 4) is 5.75 Å². The lowest BCUT2D eigenvalue weighted by Crippen LogP contribution is -2.41. The fourth-order valence-corrected chi connectivity index (χ4v) is 3.46. The molecule has 2 aromatic rings. The number of para-hydroxylation sites is 1. The highest BCUT2D eigenvalue weighted by Gasteiger charge is 2.28. The number of ether oxygens (including phenoxy) is 2. The van der Waals surface area contributed by atoms with Gasteiger partial charge in [-0.25, -0.2) is 4.79 Å². The molecule has 31 heavy (non-hydrogen) atoms. The maximum Gasteiger partial charge on any atom is 0.409 e. The van der Waals surface area contributed by atoms with E-state index in [1.165, 1.54) is 0 Å². The van der Waals surface area contributed by atoms with Crippen LogP contribution < -0.4 is 15.4 Å². The van der Waals surface area contributed by atoms with Crippen molar-refractivity contribution in [2.24, 2.45) is 5.92 Å². The molecule has 0 spiro atoms. The first-order valence-electron chi connectivity index (χ1n) is 10.3. The van der Waals surface area contributed by atoms with E-state index in [4.69, 9.17) is 9.47 Å². The SMILES string of the molecule is CCOC(=O)N1CCC(C(=O)Nc2ccccc2C(=O)Nc2cccc(OC)c2)CC1. The molecule has 1 aliphatic rings. The minimum atomic E-state index is -0.346. The van der Waals surface area contributed by atoms with E-state index in [-0.39, 0.29) is 23.8 Å². The van der Waals surface area contributed by atoms with E-state index >= 15 is 0 Å². The van der Waals surface area contributed by atoms with Gasteiger partial charge in [-0.2, -0.15) is 0 Å². The van der Waals surface area contributed by atoms with Gasteiger partial charge in [-0.05, 0) is 44.0 Å². The Morgan fingerprint density at radius 3 is 2.48 bits per heavy atom. The van der Waals surface area contributed by atoms with Crippen LogP contribution in [0.2, 0.25) is 0 Å². The predicted octanol–water partition coefficient (Wildman–Crippen LogP) is 3.75. The van der Waals surface area contributed by atoms with E-state index in [9.17, 15) is 14.4 Å². The van der Waals surface area contributed by atoms with Crippen molar-refractivity contribution >= 4 is 29.3 Å². The summed E-state index contributed by atoms with van der Waals surface area (Å²) in [6, 6.07) is 13.9. The molecule has 0 aromatic heterocycles. The van der Waals surface area contributed by atoms with Crippen LogP contribution in [0.25, 0.3) is 0 Å². The minimum absolute atomic E-state index is 0.162. The number of piperidine rings is 1. The molecule has 0 saturated carbocycles. The van der Waals surface area contributed by atoms with Gasteiger partial charge in [0.2, 0.25) is 5.91 Å². The number of hydrogen-bond donors (Lipinski definition) is 2. The number of amides is 3. The highest BCUT2D eigenvalue weighted by Crippen LogP contribution is 2.23. The first-order chi connectivity index (χ1) is 15.0. The van der Waals surface area contributed by atoms with Gasteiger partial charge in [0.25, 0.3) is 5.91 Å². The Morgan fingerprint density at radius 1 is 1.03 bits per heavy atom. The Morgan fingerprint density at radius 2 is 1.77 bits per heavy atom. The molecule has 0 atom stereocenters. The zero-order valence-corrected chi connectivity index (χ0v) is 17.7. The van der Waals surface area contributed by atoms with Gasteiger partial charge in [0.15, 0.2) is 0 Å². The van der Waals surface area contributed by atoms with Crippen molar-refractivity contribution in [1.82, 2.24) is 4.90 Å².